The molecule has 146 valence electrons. The van der Waals surface area contributed by atoms with Gasteiger partial charge in [0.05, 0.1) is 18.9 Å². The van der Waals surface area contributed by atoms with Gasteiger partial charge in [-0.05, 0) is 45.1 Å². The van der Waals surface area contributed by atoms with Gasteiger partial charge >= 0.3 is 5.97 Å². The summed E-state index contributed by atoms with van der Waals surface area (Å²) < 4.78 is 12.0. The van der Waals surface area contributed by atoms with Gasteiger partial charge in [0.1, 0.15) is 5.60 Å². The molecule has 1 aliphatic rings. The molecule has 0 aliphatic carbocycles. The molecule has 2 aromatic heterocycles. The fraction of sp³-hybridized carbons (Fsp3) is 0.579. The van der Waals surface area contributed by atoms with Gasteiger partial charge in [-0.15, -0.1) is 0 Å². The summed E-state index contributed by atoms with van der Waals surface area (Å²) in [4.78, 5) is 33.3. The zero-order valence-electron chi connectivity index (χ0n) is 16.2. The van der Waals surface area contributed by atoms with Crippen molar-refractivity contribution in [1.82, 2.24) is 19.6 Å². The SMILES string of the molecule is C[C@H](CCC(=O)OC(C)(C)C)c1cc(=O)n2[nH]c(C3=CCOCC3)nc2n1. The number of H-pyrrole nitrogens is 1. The Bertz CT molecular complexity index is 920. The Hall–Kier alpha value is -2.48. The second kappa shape index (κ2) is 7.64. The lowest BCUT2D eigenvalue weighted by Crippen LogP contribution is -2.24. The number of carbonyl (C=O) groups excluding carboxylic acids is 1. The number of aromatic amines is 1. The maximum absolute atomic E-state index is 12.4. The summed E-state index contributed by atoms with van der Waals surface area (Å²) in [7, 11) is 0. The molecule has 0 bridgehead atoms. The highest BCUT2D eigenvalue weighted by atomic mass is 16.6. The summed E-state index contributed by atoms with van der Waals surface area (Å²) >= 11 is 0. The van der Waals surface area contributed by atoms with Crippen LogP contribution in [-0.2, 0) is 14.3 Å². The van der Waals surface area contributed by atoms with Crippen LogP contribution < -0.4 is 5.56 Å². The van der Waals surface area contributed by atoms with E-state index in [4.69, 9.17) is 9.47 Å². The quantitative estimate of drug-likeness (QED) is 0.807. The molecule has 8 nitrogen and oxygen atoms in total. The molecule has 2 aromatic rings. The van der Waals surface area contributed by atoms with Crippen molar-refractivity contribution in [2.75, 3.05) is 13.2 Å². The predicted molar refractivity (Wildman–Crippen MR) is 101 cm³/mol. The topological polar surface area (TPSA) is 98.6 Å². The fourth-order valence-electron chi connectivity index (χ4n) is 2.91. The third-order valence-electron chi connectivity index (χ3n) is 4.32. The molecule has 0 spiro atoms. The third kappa shape index (κ3) is 4.82. The Morgan fingerprint density at radius 1 is 1.41 bits per heavy atom. The minimum Gasteiger partial charge on any atom is -0.460 e. The number of esters is 1. The lowest BCUT2D eigenvalue weighted by molar-refractivity contribution is -0.155. The summed E-state index contributed by atoms with van der Waals surface area (Å²) in [6, 6.07) is 1.49. The maximum Gasteiger partial charge on any atom is 0.306 e. The van der Waals surface area contributed by atoms with Crippen LogP contribution in [0.5, 0.6) is 0 Å². The molecule has 0 saturated carbocycles. The number of ether oxygens (including phenoxy) is 2. The van der Waals surface area contributed by atoms with Crippen LogP contribution in [0.3, 0.4) is 0 Å². The maximum atomic E-state index is 12.4. The first-order valence-corrected chi connectivity index (χ1v) is 9.21. The van der Waals surface area contributed by atoms with E-state index in [0.29, 0.717) is 36.9 Å². The van der Waals surface area contributed by atoms with Crippen LogP contribution in [0.25, 0.3) is 11.4 Å². The van der Waals surface area contributed by atoms with Gasteiger partial charge < -0.3 is 9.47 Å². The van der Waals surface area contributed by atoms with E-state index in [1.165, 1.54) is 10.6 Å². The van der Waals surface area contributed by atoms with Crippen molar-refractivity contribution in [2.24, 2.45) is 0 Å². The summed E-state index contributed by atoms with van der Waals surface area (Å²) in [6.07, 6.45) is 3.53. The summed E-state index contributed by atoms with van der Waals surface area (Å²) in [5.41, 5.74) is 0.930. The van der Waals surface area contributed by atoms with Crippen LogP contribution in [0.2, 0.25) is 0 Å². The van der Waals surface area contributed by atoms with Crippen LogP contribution in [0.1, 0.15) is 64.4 Å². The number of aromatic nitrogens is 4. The molecule has 0 radical (unpaired) electrons. The average Bonchev–Trinajstić information content (AvgIpc) is 3.04. The molecule has 1 aliphatic heterocycles. The zero-order valence-corrected chi connectivity index (χ0v) is 16.2. The number of nitrogens with zero attached hydrogens (tertiary/aromatic N) is 3. The van der Waals surface area contributed by atoms with Crippen molar-refractivity contribution in [3.8, 4) is 0 Å². The van der Waals surface area contributed by atoms with E-state index in [9.17, 15) is 9.59 Å². The van der Waals surface area contributed by atoms with Crippen molar-refractivity contribution < 1.29 is 14.3 Å². The van der Waals surface area contributed by atoms with Gasteiger partial charge in [0.15, 0.2) is 5.82 Å². The number of hydrogen-bond donors (Lipinski definition) is 1. The largest absolute Gasteiger partial charge is 0.460 e. The monoisotopic (exact) mass is 374 g/mol. The Balaban J connectivity index is 1.76. The van der Waals surface area contributed by atoms with E-state index >= 15 is 0 Å². The van der Waals surface area contributed by atoms with E-state index in [0.717, 1.165) is 12.0 Å². The molecule has 3 rings (SSSR count). The molecule has 3 heterocycles. The third-order valence-corrected chi connectivity index (χ3v) is 4.32. The molecule has 1 atom stereocenters. The molecule has 0 unspecified atom stereocenters. The Morgan fingerprint density at radius 3 is 2.85 bits per heavy atom. The first-order chi connectivity index (χ1) is 12.7. The molecule has 8 heteroatoms. The minimum absolute atomic E-state index is 0.0577. The van der Waals surface area contributed by atoms with Gasteiger partial charge in [0, 0.05) is 12.5 Å². The minimum atomic E-state index is -0.499. The van der Waals surface area contributed by atoms with Gasteiger partial charge in [-0.2, -0.15) is 9.50 Å². The van der Waals surface area contributed by atoms with Gasteiger partial charge in [0.25, 0.3) is 11.3 Å². The summed E-state index contributed by atoms with van der Waals surface area (Å²) in [5, 5.41) is 3.01. The number of fused-ring (bicyclic) bond motifs is 1. The first-order valence-electron chi connectivity index (χ1n) is 9.21. The molecule has 0 amide bonds. The van der Waals surface area contributed by atoms with Crippen molar-refractivity contribution in [1.29, 1.82) is 0 Å². The van der Waals surface area contributed by atoms with Crippen molar-refractivity contribution in [2.45, 2.75) is 58.5 Å². The number of rotatable bonds is 5. The van der Waals surface area contributed by atoms with Gasteiger partial charge in [-0.3, -0.25) is 14.7 Å². The zero-order chi connectivity index (χ0) is 19.6. The standard InChI is InChI=1S/C19H26N4O4/c1-12(5-6-16(25)27-19(2,3)4)14-11-15(24)23-18(20-14)21-17(22-23)13-7-9-26-10-8-13/h7,11-12H,5-6,8-10H2,1-4H3,(H,20,21,22)/t12-/m1/s1. The summed E-state index contributed by atoms with van der Waals surface area (Å²) in [6.45, 7) is 8.65. The van der Waals surface area contributed by atoms with E-state index in [2.05, 4.69) is 15.1 Å². The van der Waals surface area contributed by atoms with Crippen molar-refractivity contribution >= 4 is 17.3 Å². The van der Waals surface area contributed by atoms with E-state index in [1.54, 1.807) is 0 Å². The fourth-order valence-corrected chi connectivity index (χ4v) is 2.91. The molecule has 0 aromatic carbocycles. The lowest BCUT2D eigenvalue weighted by atomic mass is 10.0. The van der Waals surface area contributed by atoms with Crippen molar-refractivity contribution in [3.05, 3.63) is 34.0 Å². The highest BCUT2D eigenvalue weighted by Gasteiger charge is 2.19. The predicted octanol–water partition coefficient (Wildman–Crippen LogP) is 2.45. The normalized spacial score (nSPS) is 16.2. The molecular formula is C19H26N4O4. The molecule has 0 saturated heterocycles. The Labute approximate surface area is 157 Å². The summed E-state index contributed by atoms with van der Waals surface area (Å²) in [5.74, 6) is 0.670. The van der Waals surface area contributed by atoms with E-state index in [-0.39, 0.29) is 23.9 Å². The van der Waals surface area contributed by atoms with E-state index in [1.807, 2.05) is 33.8 Å². The Kier molecular flexibility index (Phi) is 5.46. The second-order valence-corrected chi connectivity index (χ2v) is 7.81. The number of carbonyl (C=O) groups is 1. The van der Waals surface area contributed by atoms with Crippen LogP contribution in [0, 0.1) is 0 Å². The van der Waals surface area contributed by atoms with Crippen LogP contribution >= 0.6 is 0 Å². The molecule has 1 N–H and O–H groups in total. The molecule has 0 fully saturated rings. The molecule has 27 heavy (non-hydrogen) atoms. The lowest BCUT2D eigenvalue weighted by Gasteiger charge is -2.20. The van der Waals surface area contributed by atoms with E-state index < -0.39 is 5.60 Å². The van der Waals surface area contributed by atoms with Crippen LogP contribution in [-0.4, -0.2) is 44.4 Å². The number of nitrogens with one attached hydrogen (secondary N) is 1. The highest BCUT2D eigenvalue weighted by molar-refractivity contribution is 5.69. The van der Waals surface area contributed by atoms with Gasteiger partial charge in [-0.1, -0.05) is 13.0 Å². The molecular weight excluding hydrogens is 348 g/mol. The van der Waals surface area contributed by atoms with Crippen molar-refractivity contribution in [3.63, 3.8) is 0 Å². The highest BCUT2D eigenvalue weighted by Crippen LogP contribution is 2.21. The second-order valence-electron chi connectivity index (χ2n) is 7.81. The van der Waals surface area contributed by atoms with Crippen LogP contribution in [0.4, 0.5) is 0 Å². The smallest absolute Gasteiger partial charge is 0.306 e. The van der Waals surface area contributed by atoms with Gasteiger partial charge in [-0.25, -0.2) is 4.98 Å². The Morgan fingerprint density at radius 2 is 2.19 bits per heavy atom. The first kappa shape index (κ1) is 19.3. The number of hydrogen-bond acceptors (Lipinski definition) is 6. The van der Waals surface area contributed by atoms with Gasteiger partial charge in [0.2, 0.25) is 0 Å². The van der Waals surface area contributed by atoms with Crippen LogP contribution in [0.15, 0.2) is 16.9 Å². The average molecular weight is 374 g/mol.